The number of carboxylic acids is 1. The van der Waals surface area contributed by atoms with Gasteiger partial charge in [-0.1, -0.05) is 0 Å². The molecule has 0 amide bonds. The maximum absolute atomic E-state index is 11.7. The van der Waals surface area contributed by atoms with Gasteiger partial charge < -0.3 is 5.11 Å². The molecule has 0 bridgehead atoms. The number of carbonyl (C=O) groups is 1. The fourth-order valence-corrected chi connectivity index (χ4v) is 2.19. The van der Waals surface area contributed by atoms with Gasteiger partial charge in [-0.15, -0.1) is 0 Å². The van der Waals surface area contributed by atoms with Crippen LogP contribution in [-0.2, 0) is 28.5 Å². The minimum absolute atomic E-state index is 0.0769. The third-order valence-electron chi connectivity index (χ3n) is 2.33. The van der Waals surface area contributed by atoms with Crippen LogP contribution in [0.25, 0.3) is 0 Å². The molecule has 0 aliphatic carbocycles. The summed E-state index contributed by atoms with van der Waals surface area (Å²) in [4.78, 5) is 14.3. The summed E-state index contributed by atoms with van der Waals surface area (Å²) in [5.74, 6) is -0.502. The lowest BCUT2D eigenvalue weighted by Gasteiger charge is -2.16. The fourth-order valence-electron chi connectivity index (χ4n) is 1.27. The number of aromatic nitrogens is 3. The summed E-state index contributed by atoms with van der Waals surface area (Å²) in [5.41, 5.74) is 0. The molecular weight excluding hydrogens is 274 g/mol. The molecule has 0 aromatic carbocycles. The highest BCUT2D eigenvalue weighted by molar-refractivity contribution is 7.87. The van der Waals surface area contributed by atoms with Crippen molar-refractivity contribution in [1.29, 1.82) is 0 Å². The van der Waals surface area contributed by atoms with Crippen molar-refractivity contribution >= 4 is 16.2 Å². The van der Waals surface area contributed by atoms with E-state index < -0.39 is 16.2 Å². The molecule has 0 aliphatic heterocycles. The summed E-state index contributed by atoms with van der Waals surface area (Å²) in [6, 6.07) is 0. The van der Waals surface area contributed by atoms with Crippen molar-refractivity contribution in [2.45, 2.75) is 12.8 Å². The van der Waals surface area contributed by atoms with Crippen LogP contribution in [0.15, 0.2) is 6.33 Å². The van der Waals surface area contributed by atoms with Crippen molar-refractivity contribution in [2.75, 3.05) is 20.1 Å². The summed E-state index contributed by atoms with van der Waals surface area (Å²) in [5, 5.41) is 12.5. The van der Waals surface area contributed by atoms with Crippen LogP contribution in [0.5, 0.6) is 0 Å². The first kappa shape index (κ1) is 15.5. The van der Waals surface area contributed by atoms with Crippen LogP contribution in [0.3, 0.4) is 0 Å². The number of aliphatic carboxylic acids is 1. The normalized spacial score (nSPS) is 11.9. The van der Waals surface area contributed by atoms with Crippen molar-refractivity contribution < 1.29 is 18.3 Å². The van der Waals surface area contributed by atoms with Crippen LogP contribution in [0.2, 0.25) is 0 Å². The molecule has 19 heavy (non-hydrogen) atoms. The van der Waals surface area contributed by atoms with Crippen LogP contribution < -0.4 is 4.72 Å². The fraction of sp³-hybridized carbons (Fsp3) is 0.667. The van der Waals surface area contributed by atoms with E-state index >= 15 is 0 Å². The lowest BCUT2D eigenvalue weighted by Crippen LogP contribution is -2.40. The predicted molar refractivity (Wildman–Crippen MR) is 66.5 cm³/mol. The Morgan fingerprint density at radius 1 is 1.58 bits per heavy atom. The van der Waals surface area contributed by atoms with Gasteiger partial charge in [-0.25, -0.2) is 9.71 Å². The van der Waals surface area contributed by atoms with Gasteiger partial charge in [-0.2, -0.15) is 17.8 Å². The van der Waals surface area contributed by atoms with Crippen LogP contribution >= 0.6 is 0 Å². The zero-order chi connectivity index (χ0) is 14.5. The SMILES string of the molecule is CN(CCC(=O)O)S(=O)(=O)NCCc1ncn(C)n1. The molecule has 1 heterocycles. The Hall–Kier alpha value is -1.52. The molecule has 108 valence electrons. The summed E-state index contributed by atoms with van der Waals surface area (Å²) in [6.07, 6.45) is 1.66. The van der Waals surface area contributed by atoms with Gasteiger partial charge >= 0.3 is 5.97 Å². The molecule has 2 N–H and O–H groups in total. The molecule has 1 aromatic heterocycles. The van der Waals surface area contributed by atoms with E-state index in [0.717, 1.165) is 4.31 Å². The van der Waals surface area contributed by atoms with E-state index in [4.69, 9.17) is 5.11 Å². The molecule has 0 spiro atoms. The second kappa shape index (κ2) is 6.59. The Morgan fingerprint density at radius 2 is 2.26 bits per heavy atom. The van der Waals surface area contributed by atoms with E-state index in [1.54, 1.807) is 7.05 Å². The topological polar surface area (TPSA) is 117 Å². The Bertz CT molecular complexity index is 526. The van der Waals surface area contributed by atoms with Gasteiger partial charge in [0.05, 0.1) is 6.42 Å². The Labute approximate surface area is 111 Å². The maximum atomic E-state index is 11.7. The molecular formula is C9H17N5O4S. The molecule has 1 aromatic rings. The van der Waals surface area contributed by atoms with Crippen LogP contribution in [0, 0.1) is 0 Å². The predicted octanol–water partition coefficient (Wildman–Crippen LogP) is -1.40. The van der Waals surface area contributed by atoms with Crippen molar-refractivity contribution in [1.82, 2.24) is 23.8 Å². The number of carboxylic acid groups (broad SMARTS) is 1. The number of nitrogens with one attached hydrogen (secondary N) is 1. The third kappa shape index (κ3) is 5.32. The Kier molecular flexibility index (Phi) is 5.39. The van der Waals surface area contributed by atoms with Crippen molar-refractivity contribution in [3.05, 3.63) is 12.2 Å². The minimum Gasteiger partial charge on any atom is -0.481 e. The van der Waals surface area contributed by atoms with E-state index in [-0.39, 0.29) is 19.5 Å². The smallest absolute Gasteiger partial charge is 0.304 e. The number of hydrogen-bond donors (Lipinski definition) is 2. The van der Waals surface area contributed by atoms with E-state index in [0.29, 0.717) is 12.2 Å². The highest BCUT2D eigenvalue weighted by Gasteiger charge is 2.17. The van der Waals surface area contributed by atoms with Crippen LogP contribution in [0.4, 0.5) is 0 Å². The summed E-state index contributed by atoms with van der Waals surface area (Å²) < 4.78 is 28.3. The standard InChI is InChI=1S/C9H17N5O4S/c1-13-7-10-8(12-13)3-5-11-19(17,18)14(2)6-4-9(15)16/h7,11H,3-6H2,1-2H3,(H,15,16). The molecule has 0 atom stereocenters. The maximum Gasteiger partial charge on any atom is 0.304 e. The number of nitrogens with zero attached hydrogens (tertiary/aromatic N) is 4. The van der Waals surface area contributed by atoms with Gasteiger partial charge in [0.2, 0.25) is 0 Å². The highest BCUT2D eigenvalue weighted by atomic mass is 32.2. The first-order valence-corrected chi connectivity index (χ1v) is 7.02. The molecule has 0 saturated carbocycles. The van der Waals surface area contributed by atoms with E-state index in [1.807, 2.05) is 0 Å². The second-order valence-corrected chi connectivity index (χ2v) is 5.81. The molecule has 0 saturated heterocycles. The van der Waals surface area contributed by atoms with E-state index in [9.17, 15) is 13.2 Å². The average molecular weight is 291 g/mol. The minimum atomic E-state index is -3.66. The van der Waals surface area contributed by atoms with E-state index in [2.05, 4.69) is 14.8 Å². The van der Waals surface area contributed by atoms with Gasteiger partial charge in [-0.3, -0.25) is 9.48 Å². The number of aryl methyl sites for hydroxylation is 1. The second-order valence-electron chi connectivity index (χ2n) is 3.95. The lowest BCUT2D eigenvalue weighted by atomic mass is 10.4. The number of rotatable bonds is 8. The molecule has 9 nitrogen and oxygen atoms in total. The first-order valence-electron chi connectivity index (χ1n) is 5.58. The van der Waals surface area contributed by atoms with Gasteiger partial charge in [0.1, 0.15) is 6.33 Å². The Morgan fingerprint density at radius 3 is 2.79 bits per heavy atom. The van der Waals surface area contributed by atoms with Crippen LogP contribution in [0.1, 0.15) is 12.2 Å². The van der Waals surface area contributed by atoms with Crippen LogP contribution in [-0.4, -0.2) is 58.7 Å². The zero-order valence-electron chi connectivity index (χ0n) is 10.8. The highest BCUT2D eigenvalue weighted by Crippen LogP contribution is 1.97. The molecule has 1 rings (SSSR count). The molecule has 0 unspecified atom stereocenters. The van der Waals surface area contributed by atoms with Gasteiger partial charge in [0.25, 0.3) is 10.2 Å². The zero-order valence-corrected chi connectivity index (χ0v) is 11.6. The summed E-state index contributed by atoms with van der Waals surface area (Å²) in [6.45, 7) is 0.0796. The van der Waals surface area contributed by atoms with Gasteiger partial charge in [0.15, 0.2) is 5.82 Å². The first-order chi connectivity index (χ1) is 8.81. The lowest BCUT2D eigenvalue weighted by molar-refractivity contribution is -0.137. The monoisotopic (exact) mass is 291 g/mol. The van der Waals surface area contributed by atoms with Crippen molar-refractivity contribution in [2.24, 2.45) is 7.05 Å². The van der Waals surface area contributed by atoms with Crippen molar-refractivity contribution in [3.8, 4) is 0 Å². The van der Waals surface area contributed by atoms with E-state index in [1.165, 1.54) is 18.1 Å². The summed E-state index contributed by atoms with van der Waals surface area (Å²) >= 11 is 0. The average Bonchev–Trinajstić information content (AvgIpc) is 2.71. The van der Waals surface area contributed by atoms with Gasteiger partial charge in [0, 0.05) is 33.6 Å². The number of hydrogen-bond acceptors (Lipinski definition) is 5. The molecule has 0 radical (unpaired) electrons. The quantitative estimate of drug-likeness (QED) is 0.608. The van der Waals surface area contributed by atoms with Crippen molar-refractivity contribution in [3.63, 3.8) is 0 Å². The van der Waals surface area contributed by atoms with Gasteiger partial charge in [-0.05, 0) is 0 Å². The molecule has 0 fully saturated rings. The third-order valence-corrected chi connectivity index (χ3v) is 3.90. The summed E-state index contributed by atoms with van der Waals surface area (Å²) in [7, 11) is -0.615. The Balaban J connectivity index is 2.39. The molecule has 10 heteroatoms. The largest absolute Gasteiger partial charge is 0.481 e. The molecule has 0 aliphatic rings.